The number of rotatable bonds is 12. The van der Waals surface area contributed by atoms with Crippen molar-refractivity contribution in [2.45, 2.75) is 26.5 Å². The zero-order chi connectivity index (χ0) is 17.3. The van der Waals surface area contributed by atoms with Gasteiger partial charge in [0.05, 0.1) is 6.54 Å². The second-order valence-corrected chi connectivity index (χ2v) is 7.23. The molecule has 0 bridgehead atoms. The van der Waals surface area contributed by atoms with E-state index in [1.165, 1.54) is 10.8 Å². The summed E-state index contributed by atoms with van der Waals surface area (Å²) >= 11 is 11.2. The Morgan fingerprint density at radius 2 is 2.00 bits per heavy atom. The molecule has 0 radical (unpaired) electrons. The van der Waals surface area contributed by atoms with E-state index in [-0.39, 0.29) is 37.4 Å². The number of hydrogen-bond acceptors (Lipinski definition) is 5. The first-order valence-corrected chi connectivity index (χ1v) is 9.72. The van der Waals surface area contributed by atoms with E-state index in [4.69, 9.17) is 27.7 Å². The van der Waals surface area contributed by atoms with Gasteiger partial charge in [-0.2, -0.15) is 0 Å². The Morgan fingerprint density at radius 1 is 1.39 bits per heavy atom. The van der Waals surface area contributed by atoms with Crippen LogP contribution in [0, 0.1) is 10.1 Å². The highest BCUT2D eigenvalue weighted by molar-refractivity contribution is 7.54. The highest BCUT2D eigenvalue weighted by atomic mass is 35.5. The van der Waals surface area contributed by atoms with Crippen molar-refractivity contribution < 1.29 is 14.0 Å². The van der Waals surface area contributed by atoms with Crippen LogP contribution in [0.25, 0.3) is 0 Å². The van der Waals surface area contributed by atoms with Crippen molar-refractivity contribution in [3.63, 3.8) is 0 Å². The summed E-state index contributed by atoms with van der Waals surface area (Å²) in [5.41, 5.74) is 0.471. The molecule has 9 nitrogen and oxygen atoms in total. The molecule has 0 unspecified atom stereocenters. The van der Waals surface area contributed by atoms with Crippen LogP contribution < -0.4 is 10.2 Å². The van der Waals surface area contributed by atoms with Crippen LogP contribution in [-0.4, -0.2) is 39.3 Å². The minimum absolute atomic E-state index is 0.0946. The second-order valence-electron chi connectivity index (χ2n) is 4.48. The van der Waals surface area contributed by atoms with Gasteiger partial charge in [-0.15, -0.1) is 23.2 Å². The van der Waals surface area contributed by atoms with Crippen molar-refractivity contribution in [3.05, 3.63) is 22.0 Å². The summed E-state index contributed by atoms with van der Waals surface area (Å²) in [4.78, 5) is 14.2. The van der Waals surface area contributed by atoms with Crippen molar-refractivity contribution in [3.8, 4) is 0 Å². The number of imidazole rings is 1. The third-order valence-electron chi connectivity index (χ3n) is 2.75. The van der Waals surface area contributed by atoms with E-state index in [1.807, 2.05) is 6.92 Å². The molecule has 2 N–H and O–H groups in total. The third kappa shape index (κ3) is 6.37. The summed E-state index contributed by atoms with van der Waals surface area (Å²) < 4.78 is 19.5. The lowest BCUT2D eigenvalue weighted by Crippen LogP contribution is -2.27. The number of nitrogens with one attached hydrogen (secondary N) is 2. The van der Waals surface area contributed by atoms with Crippen LogP contribution in [0.15, 0.2) is 6.20 Å². The molecule has 0 amide bonds. The Kier molecular flexibility index (Phi) is 9.04. The molecule has 0 aliphatic heterocycles. The van der Waals surface area contributed by atoms with Crippen LogP contribution in [0.2, 0.25) is 0 Å². The molecule has 132 valence electrons. The van der Waals surface area contributed by atoms with Gasteiger partial charge in [0.25, 0.3) is 0 Å². The molecular weight excluding hydrogens is 368 g/mol. The molecule has 1 aromatic rings. The van der Waals surface area contributed by atoms with Gasteiger partial charge in [-0.25, -0.2) is 14.7 Å². The summed E-state index contributed by atoms with van der Waals surface area (Å²) in [6.07, 6.45) is 2.04. The van der Waals surface area contributed by atoms with Gasteiger partial charge in [0.2, 0.25) is 0 Å². The number of halogens is 2. The van der Waals surface area contributed by atoms with Gasteiger partial charge >= 0.3 is 13.6 Å². The molecule has 0 spiro atoms. The molecule has 0 aliphatic carbocycles. The predicted octanol–water partition coefficient (Wildman–Crippen LogP) is 2.48. The maximum atomic E-state index is 12.6. The smallest absolute Gasteiger partial charge is 0.390 e. The fraction of sp³-hybridized carbons (Fsp3) is 0.727. The fourth-order valence-electron chi connectivity index (χ4n) is 1.81. The highest BCUT2D eigenvalue weighted by Crippen LogP contribution is 2.38. The zero-order valence-electron chi connectivity index (χ0n) is 12.7. The van der Waals surface area contributed by atoms with E-state index in [2.05, 4.69) is 15.2 Å². The lowest BCUT2D eigenvalue weighted by atomic mass is 10.4. The van der Waals surface area contributed by atoms with Crippen molar-refractivity contribution in [1.82, 2.24) is 19.7 Å². The quantitative estimate of drug-likeness (QED) is 0.245. The van der Waals surface area contributed by atoms with Gasteiger partial charge in [-0.05, 0) is 11.3 Å². The number of nitrogens with zero attached hydrogens (tertiary/aromatic N) is 3. The summed E-state index contributed by atoms with van der Waals surface area (Å²) in [6.45, 7) is 2.78. The van der Waals surface area contributed by atoms with Crippen molar-refractivity contribution >= 4 is 36.8 Å². The van der Waals surface area contributed by atoms with E-state index in [0.29, 0.717) is 18.7 Å². The molecule has 1 heterocycles. The van der Waals surface area contributed by atoms with E-state index in [0.717, 1.165) is 0 Å². The number of alkyl halides is 2. The Balaban J connectivity index is 2.84. The predicted molar refractivity (Wildman–Crippen MR) is 89.0 cm³/mol. The molecule has 0 saturated heterocycles. The summed E-state index contributed by atoms with van der Waals surface area (Å²) in [6, 6.07) is 0. The molecule has 1 rings (SSSR count). The maximum Gasteiger partial charge on any atom is 0.434 e. The molecule has 0 aromatic carbocycles. The minimum Gasteiger partial charge on any atom is -0.390 e. The van der Waals surface area contributed by atoms with Crippen molar-refractivity contribution in [2.75, 3.05) is 24.8 Å². The van der Waals surface area contributed by atoms with Crippen LogP contribution >= 0.6 is 30.9 Å². The summed E-state index contributed by atoms with van der Waals surface area (Å²) in [7, 11) is -3.35. The zero-order valence-corrected chi connectivity index (χ0v) is 15.1. The van der Waals surface area contributed by atoms with Crippen LogP contribution in [0.4, 0.5) is 5.95 Å². The monoisotopic (exact) mass is 387 g/mol. The van der Waals surface area contributed by atoms with E-state index < -0.39 is 12.6 Å². The highest BCUT2D eigenvalue weighted by Gasteiger charge is 2.26. The third-order valence-corrected chi connectivity index (χ3v) is 4.90. The van der Waals surface area contributed by atoms with Gasteiger partial charge in [0.15, 0.2) is 0 Å². The minimum atomic E-state index is -3.35. The first-order chi connectivity index (χ1) is 11.0. The van der Waals surface area contributed by atoms with E-state index in [9.17, 15) is 14.7 Å². The first kappa shape index (κ1) is 20.3. The van der Waals surface area contributed by atoms with Gasteiger partial charge < -0.3 is 10.1 Å². The molecule has 1 aromatic heterocycles. The lowest BCUT2D eigenvalue weighted by molar-refractivity contribution is -0.396. The van der Waals surface area contributed by atoms with Gasteiger partial charge in [0, 0.05) is 24.8 Å². The summed E-state index contributed by atoms with van der Waals surface area (Å²) in [5, 5.41) is 16.4. The normalized spacial score (nSPS) is 11.8. The van der Waals surface area contributed by atoms with Crippen molar-refractivity contribution in [1.29, 1.82) is 0 Å². The molecular formula is C11H20Cl2N5O4P. The molecule has 0 saturated carbocycles. The first-order valence-electron chi connectivity index (χ1n) is 7.03. The Bertz CT molecular complexity index is 545. The largest absolute Gasteiger partial charge is 0.434 e. The lowest BCUT2D eigenvalue weighted by Gasteiger charge is -2.19. The number of nitro groups is 1. The second kappa shape index (κ2) is 10.2. The van der Waals surface area contributed by atoms with Gasteiger partial charge in [0.1, 0.15) is 18.5 Å². The van der Waals surface area contributed by atoms with Crippen molar-refractivity contribution in [2.24, 2.45) is 0 Å². The SMILES string of the molecule is CCCn1c(COP(=O)(NCCCl)NCCCl)cnc1[N+](=O)[O-]. The topological polar surface area (TPSA) is 111 Å². The average Bonchev–Trinajstić information content (AvgIpc) is 2.93. The van der Waals surface area contributed by atoms with E-state index in [1.54, 1.807) is 0 Å². The number of hydrogen-bond donors (Lipinski definition) is 2. The Morgan fingerprint density at radius 3 is 2.48 bits per heavy atom. The van der Waals surface area contributed by atoms with Gasteiger partial charge in [-0.1, -0.05) is 11.9 Å². The molecule has 12 heteroatoms. The van der Waals surface area contributed by atoms with Crippen LogP contribution in [0.5, 0.6) is 0 Å². The standard InChI is InChI=1S/C11H20Cl2N5O4P/c1-2-7-17-10(8-14-11(17)18(19)20)9-22-23(21,15-5-3-12)16-6-4-13/h8H,2-7,9H2,1H3,(H2,15,16,21). The molecule has 0 fully saturated rings. The fourth-order valence-corrected chi connectivity index (χ4v) is 3.68. The molecule has 0 atom stereocenters. The molecule has 0 aliphatic rings. The van der Waals surface area contributed by atoms with Gasteiger partial charge in [-0.3, -0.25) is 9.09 Å². The summed E-state index contributed by atoms with van der Waals surface area (Å²) in [5.74, 6) is 0.257. The number of aromatic nitrogens is 2. The van der Waals surface area contributed by atoms with Crippen LogP contribution in [-0.2, 0) is 22.2 Å². The van der Waals surface area contributed by atoms with E-state index >= 15 is 0 Å². The average molecular weight is 388 g/mol. The Hall–Kier alpha value is -0.700. The Labute approximate surface area is 144 Å². The maximum absolute atomic E-state index is 12.6. The molecule has 23 heavy (non-hydrogen) atoms. The van der Waals surface area contributed by atoms with Crippen LogP contribution in [0.3, 0.4) is 0 Å². The van der Waals surface area contributed by atoms with Crippen LogP contribution in [0.1, 0.15) is 19.0 Å².